The highest BCUT2D eigenvalue weighted by Gasteiger charge is 2.35. The van der Waals surface area contributed by atoms with Gasteiger partial charge in [0.25, 0.3) is 10.0 Å². The van der Waals surface area contributed by atoms with E-state index in [0.29, 0.717) is 12.3 Å². The Kier molecular flexibility index (Phi) is 12.2. The number of sulfonamides is 1. The molecule has 0 aliphatic carbocycles. The summed E-state index contributed by atoms with van der Waals surface area (Å²) in [6.45, 7) is 2.03. The number of anilines is 1. The zero-order valence-electron chi connectivity index (χ0n) is 25.4. The van der Waals surface area contributed by atoms with Crippen molar-refractivity contribution < 1.29 is 22.7 Å². The molecule has 4 aromatic carbocycles. The maximum absolute atomic E-state index is 14.5. The number of amides is 2. The Morgan fingerprint density at radius 1 is 0.867 bits per heavy atom. The van der Waals surface area contributed by atoms with Gasteiger partial charge in [-0.15, -0.1) is 0 Å². The topological polar surface area (TPSA) is 96.0 Å². The molecule has 0 fully saturated rings. The van der Waals surface area contributed by atoms with Crippen LogP contribution >= 0.6 is 15.9 Å². The maximum atomic E-state index is 14.5. The highest BCUT2D eigenvalue weighted by Crippen LogP contribution is 2.32. The lowest BCUT2D eigenvalue weighted by Crippen LogP contribution is -2.53. The predicted octanol–water partition coefficient (Wildman–Crippen LogP) is 6.21. The Morgan fingerprint density at radius 3 is 2.18 bits per heavy atom. The number of ether oxygens (including phenoxy) is 1. The Labute approximate surface area is 274 Å². The fourth-order valence-corrected chi connectivity index (χ4v) is 6.85. The van der Waals surface area contributed by atoms with Crippen molar-refractivity contribution in [3.05, 3.63) is 125 Å². The van der Waals surface area contributed by atoms with Crippen molar-refractivity contribution in [3.63, 3.8) is 0 Å². The number of methoxy groups -OCH3 is 1. The number of para-hydroxylation sites is 2. The molecule has 2 amide bonds. The molecule has 0 aliphatic heterocycles. The molecule has 0 radical (unpaired) electrons. The van der Waals surface area contributed by atoms with Crippen molar-refractivity contribution in [2.75, 3.05) is 24.5 Å². The van der Waals surface area contributed by atoms with Crippen molar-refractivity contribution in [1.29, 1.82) is 0 Å². The third-order valence-corrected chi connectivity index (χ3v) is 9.57. The highest BCUT2D eigenvalue weighted by atomic mass is 79.9. The summed E-state index contributed by atoms with van der Waals surface area (Å²) in [7, 11) is -2.77. The fraction of sp³-hybridized carbons (Fsp3) is 0.257. The molecule has 4 aromatic rings. The quantitative estimate of drug-likeness (QED) is 0.150. The zero-order chi connectivity index (χ0) is 32.2. The van der Waals surface area contributed by atoms with E-state index in [4.69, 9.17) is 4.74 Å². The minimum Gasteiger partial charge on any atom is -0.495 e. The first-order valence-electron chi connectivity index (χ1n) is 14.8. The van der Waals surface area contributed by atoms with Crippen LogP contribution in [-0.2, 0) is 32.6 Å². The van der Waals surface area contributed by atoms with Gasteiger partial charge in [-0.2, -0.15) is 0 Å². The lowest BCUT2D eigenvalue weighted by Gasteiger charge is -2.34. The number of hydrogen-bond donors (Lipinski definition) is 1. The molecule has 0 spiro atoms. The van der Waals surface area contributed by atoms with Gasteiger partial charge in [0.15, 0.2) is 0 Å². The average molecular weight is 693 g/mol. The van der Waals surface area contributed by atoms with Crippen LogP contribution in [0.5, 0.6) is 5.75 Å². The molecule has 10 heteroatoms. The monoisotopic (exact) mass is 691 g/mol. The molecule has 0 bridgehead atoms. The highest BCUT2D eigenvalue weighted by molar-refractivity contribution is 9.10. The molecule has 0 aromatic heterocycles. The van der Waals surface area contributed by atoms with Crippen LogP contribution in [0.3, 0.4) is 0 Å². The average Bonchev–Trinajstić information content (AvgIpc) is 3.06. The normalized spacial score (nSPS) is 11.8. The lowest BCUT2D eigenvalue weighted by atomic mass is 10.0. The minimum absolute atomic E-state index is 0.0281. The van der Waals surface area contributed by atoms with Crippen molar-refractivity contribution in [3.8, 4) is 5.75 Å². The van der Waals surface area contributed by atoms with E-state index in [1.165, 1.54) is 24.1 Å². The summed E-state index contributed by atoms with van der Waals surface area (Å²) in [5, 5.41) is 3.00. The second kappa shape index (κ2) is 16.2. The van der Waals surface area contributed by atoms with E-state index in [0.717, 1.165) is 32.7 Å². The SMILES string of the molecule is CCCCNC(=O)[C@@H](Cc1ccccc1)N(Cc1cccc(Br)c1)C(=O)CN(c1ccccc1OC)S(=O)(=O)c1ccccc1. The van der Waals surface area contributed by atoms with E-state index in [-0.39, 0.29) is 29.5 Å². The molecule has 0 unspecified atom stereocenters. The molecule has 236 valence electrons. The van der Waals surface area contributed by atoms with Crippen LogP contribution in [0.2, 0.25) is 0 Å². The zero-order valence-corrected chi connectivity index (χ0v) is 27.8. The van der Waals surface area contributed by atoms with Crippen LogP contribution in [0.25, 0.3) is 0 Å². The van der Waals surface area contributed by atoms with Gasteiger partial charge in [0.05, 0.1) is 17.7 Å². The van der Waals surface area contributed by atoms with E-state index in [1.807, 2.05) is 61.5 Å². The molecule has 0 heterocycles. The first-order chi connectivity index (χ1) is 21.7. The second-order valence-electron chi connectivity index (χ2n) is 10.5. The third-order valence-electron chi connectivity index (χ3n) is 7.31. The van der Waals surface area contributed by atoms with E-state index in [2.05, 4.69) is 21.2 Å². The number of rotatable bonds is 15. The summed E-state index contributed by atoms with van der Waals surface area (Å²) in [4.78, 5) is 29.9. The number of carbonyl (C=O) groups is 2. The molecule has 1 atom stereocenters. The first kappa shape index (κ1) is 33.7. The van der Waals surface area contributed by atoms with Crippen LogP contribution in [0.1, 0.15) is 30.9 Å². The molecule has 45 heavy (non-hydrogen) atoms. The Balaban J connectivity index is 1.81. The number of hydrogen-bond acceptors (Lipinski definition) is 5. The van der Waals surface area contributed by atoms with Crippen molar-refractivity contribution in [2.45, 2.75) is 43.7 Å². The molecule has 0 aliphatic rings. The summed E-state index contributed by atoms with van der Waals surface area (Å²) >= 11 is 3.51. The van der Waals surface area contributed by atoms with Crippen molar-refractivity contribution >= 4 is 43.5 Å². The van der Waals surface area contributed by atoms with Gasteiger partial charge >= 0.3 is 0 Å². The van der Waals surface area contributed by atoms with E-state index in [1.54, 1.807) is 42.5 Å². The van der Waals surface area contributed by atoms with Gasteiger partial charge in [-0.05, 0) is 53.9 Å². The molecule has 1 N–H and O–H groups in total. The number of unbranched alkanes of at least 4 members (excludes halogenated alkanes) is 1. The predicted molar refractivity (Wildman–Crippen MR) is 181 cm³/mol. The van der Waals surface area contributed by atoms with E-state index >= 15 is 0 Å². The van der Waals surface area contributed by atoms with Gasteiger partial charge in [-0.3, -0.25) is 13.9 Å². The Bertz CT molecular complexity index is 1670. The lowest BCUT2D eigenvalue weighted by molar-refractivity contribution is -0.140. The van der Waals surface area contributed by atoms with Crippen molar-refractivity contribution in [1.82, 2.24) is 10.2 Å². The first-order valence-corrected chi connectivity index (χ1v) is 17.0. The summed E-state index contributed by atoms with van der Waals surface area (Å²) in [5.74, 6) is -0.543. The number of carbonyl (C=O) groups excluding carboxylic acids is 2. The number of halogens is 1. The van der Waals surface area contributed by atoms with Gasteiger partial charge in [-0.25, -0.2) is 8.42 Å². The minimum atomic E-state index is -4.22. The van der Waals surface area contributed by atoms with Gasteiger partial charge in [0.2, 0.25) is 11.8 Å². The molecule has 8 nitrogen and oxygen atoms in total. The third kappa shape index (κ3) is 8.95. The van der Waals surface area contributed by atoms with Crippen LogP contribution in [-0.4, -0.2) is 51.4 Å². The maximum Gasteiger partial charge on any atom is 0.264 e. The van der Waals surface area contributed by atoms with Gasteiger partial charge in [-0.1, -0.05) is 102 Å². The van der Waals surface area contributed by atoms with Crippen LogP contribution in [0.15, 0.2) is 119 Å². The summed E-state index contributed by atoms with van der Waals surface area (Å²) in [6.07, 6.45) is 1.94. The van der Waals surface area contributed by atoms with Crippen LogP contribution < -0.4 is 14.4 Å². The summed E-state index contributed by atoms with van der Waals surface area (Å²) < 4.78 is 35.7. The summed E-state index contributed by atoms with van der Waals surface area (Å²) in [5.41, 5.74) is 1.87. The van der Waals surface area contributed by atoms with Crippen LogP contribution in [0, 0.1) is 0 Å². The largest absolute Gasteiger partial charge is 0.495 e. The smallest absolute Gasteiger partial charge is 0.264 e. The van der Waals surface area contributed by atoms with Crippen LogP contribution in [0.4, 0.5) is 5.69 Å². The Morgan fingerprint density at radius 2 is 1.51 bits per heavy atom. The van der Waals surface area contributed by atoms with Gasteiger partial charge in [0.1, 0.15) is 18.3 Å². The Hall–Kier alpha value is -4.15. The number of nitrogens with zero attached hydrogens (tertiary/aromatic N) is 2. The van der Waals surface area contributed by atoms with Gasteiger partial charge < -0.3 is 15.0 Å². The number of nitrogens with one attached hydrogen (secondary N) is 1. The number of benzene rings is 4. The molecular weight excluding hydrogens is 654 g/mol. The molecule has 0 saturated heterocycles. The molecular formula is C35H38BrN3O5S. The van der Waals surface area contributed by atoms with Gasteiger partial charge in [0, 0.05) is 24.0 Å². The van der Waals surface area contributed by atoms with Crippen molar-refractivity contribution in [2.24, 2.45) is 0 Å². The second-order valence-corrected chi connectivity index (χ2v) is 13.3. The molecule has 4 rings (SSSR count). The fourth-order valence-electron chi connectivity index (χ4n) is 4.96. The summed E-state index contributed by atoms with van der Waals surface area (Å²) in [6, 6.07) is 30.7. The van der Waals surface area contributed by atoms with E-state index in [9.17, 15) is 18.0 Å². The van der Waals surface area contributed by atoms with E-state index < -0.39 is 28.5 Å². The molecule has 0 saturated carbocycles. The standard InChI is InChI=1S/C35H38BrN3O5S/c1-3-4-22-37-35(41)32(24-27-14-7-5-8-15-27)38(25-28-16-13-17-29(36)23-28)34(40)26-39(31-20-11-12-21-33(31)44-2)45(42,43)30-18-9-6-10-19-30/h5-21,23,32H,3-4,22,24-26H2,1-2H3,(H,37,41)/t32-/m1/s1.